The van der Waals surface area contributed by atoms with Crippen LogP contribution in [0.25, 0.3) is 10.9 Å². The van der Waals surface area contributed by atoms with Crippen molar-refractivity contribution in [3.05, 3.63) is 102 Å². The first kappa shape index (κ1) is 18.5. The number of hydrogen-bond donors (Lipinski definition) is 2. The van der Waals surface area contributed by atoms with Crippen molar-refractivity contribution in [2.75, 3.05) is 12.4 Å². The number of hydrogen-bond acceptors (Lipinski definition) is 5. The molecular weight excluding hydrogens is 364 g/mol. The number of nitrogens with one attached hydrogen (secondary N) is 1. The molecule has 2 N–H and O–H groups in total. The number of benzene rings is 3. The lowest BCUT2D eigenvalue weighted by atomic mass is 9.96. The molecule has 1 aromatic heterocycles. The Morgan fingerprint density at radius 2 is 1.83 bits per heavy atom. The van der Waals surface area contributed by atoms with Crippen LogP contribution in [0.5, 0.6) is 5.75 Å². The number of nitrogens with zero attached hydrogens (tertiary/aromatic N) is 1. The SMILES string of the molecule is COC(=O)c1cccc(NC(c2ccccc2)c2ccc3cccnc3c2O)c1. The third kappa shape index (κ3) is 3.75. The molecule has 1 heterocycles. The predicted octanol–water partition coefficient (Wildman–Crippen LogP) is 4.93. The van der Waals surface area contributed by atoms with Crippen LogP contribution < -0.4 is 5.32 Å². The molecule has 0 saturated carbocycles. The largest absolute Gasteiger partial charge is 0.505 e. The molecule has 0 aliphatic heterocycles. The minimum atomic E-state index is -0.400. The molecule has 0 radical (unpaired) electrons. The van der Waals surface area contributed by atoms with Crippen LogP contribution in [0.3, 0.4) is 0 Å². The maximum atomic E-state index is 11.9. The van der Waals surface area contributed by atoms with Gasteiger partial charge in [-0.25, -0.2) is 4.79 Å². The molecule has 4 aromatic rings. The Kier molecular flexibility index (Phi) is 5.12. The molecular formula is C24H20N2O3. The number of carbonyl (C=O) groups is 1. The maximum absolute atomic E-state index is 11.9. The first-order valence-corrected chi connectivity index (χ1v) is 9.24. The third-order valence-corrected chi connectivity index (χ3v) is 4.82. The number of aromatic nitrogens is 1. The fourth-order valence-electron chi connectivity index (χ4n) is 3.38. The van der Waals surface area contributed by atoms with Gasteiger partial charge in [0.25, 0.3) is 0 Å². The number of carbonyl (C=O) groups excluding carboxylic acids is 1. The summed E-state index contributed by atoms with van der Waals surface area (Å²) in [5, 5.41) is 15.3. The minimum absolute atomic E-state index is 0.133. The first-order chi connectivity index (χ1) is 14.2. The van der Waals surface area contributed by atoms with Gasteiger partial charge >= 0.3 is 5.97 Å². The number of pyridine rings is 1. The molecule has 1 unspecified atom stereocenters. The summed E-state index contributed by atoms with van der Waals surface area (Å²) >= 11 is 0. The minimum Gasteiger partial charge on any atom is -0.505 e. The van der Waals surface area contributed by atoms with E-state index >= 15 is 0 Å². The molecule has 144 valence electrons. The van der Waals surface area contributed by atoms with E-state index < -0.39 is 5.97 Å². The van der Waals surface area contributed by atoms with Gasteiger partial charge in [0.05, 0.1) is 18.7 Å². The van der Waals surface area contributed by atoms with Gasteiger partial charge in [-0.05, 0) is 29.8 Å². The van der Waals surface area contributed by atoms with E-state index in [2.05, 4.69) is 10.3 Å². The zero-order valence-corrected chi connectivity index (χ0v) is 15.9. The number of fused-ring (bicyclic) bond motifs is 1. The van der Waals surface area contributed by atoms with E-state index in [1.165, 1.54) is 7.11 Å². The number of anilines is 1. The quantitative estimate of drug-likeness (QED) is 0.478. The highest BCUT2D eigenvalue weighted by Gasteiger charge is 2.20. The number of phenolic OH excluding ortho intramolecular Hbond substituents is 1. The Morgan fingerprint density at radius 1 is 1.00 bits per heavy atom. The average Bonchev–Trinajstić information content (AvgIpc) is 2.78. The molecule has 3 aromatic carbocycles. The molecule has 0 spiro atoms. The highest BCUT2D eigenvalue weighted by atomic mass is 16.5. The van der Waals surface area contributed by atoms with E-state index in [0.717, 1.165) is 16.6 Å². The number of rotatable bonds is 5. The summed E-state index contributed by atoms with van der Waals surface area (Å²) in [6, 6.07) is 24.2. The molecule has 1 atom stereocenters. The van der Waals surface area contributed by atoms with E-state index in [0.29, 0.717) is 16.6 Å². The Hall–Kier alpha value is -3.86. The van der Waals surface area contributed by atoms with Crippen molar-refractivity contribution in [3.8, 4) is 5.75 Å². The second-order valence-electron chi connectivity index (χ2n) is 6.64. The van der Waals surface area contributed by atoms with Crippen LogP contribution in [0.2, 0.25) is 0 Å². The molecule has 0 saturated heterocycles. The van der Waals surface area contributed by atoms with Crippen LogP contribution in [-0.4, -0.2) is 23.2 Å². The number of methoxy groups -OCH3 is 1. The standard InChI is InChI=1S/C24H20N2O3/c1-29-24(28)18-9-5-11-19(15-18)26-21(16-7-3-2-4-8-16)20-13-12-17-10-6-14-25-22(17)23(20)27/h2-15,21,26-27H,1H3. The molecule has 0 aliphatic rings. The van der Waals surface area contributed by atoms with Crippen LogP contribution >= 0.6 is 0 Å². The summed E-state index contributed by atoms with van der Waals surface area (Å²) in [6.45, 7) is 0. The van der Waals surface area contributed by atoms with Gasteiger partial charge in [-0.15, -0.1) is 0 Å². The average molecular weight is 384 g/mol. The number of esters is 1. The zero-order valence-electron chi connectivity index (χ0n) is 15.9. The fraction of sp³-hybridized carbons (Fsp3) is 0.0833. The van der Waals surface area contributed by atoms with Crippen molar-refractivity contribution in [2.45, 2.75) is 6.04 Å². The monoisotopic (exact) mass is 384 g/mol. The summed E-state index contributed by atoms with van der Waals surface area (Å²) < 4.78 is 4.82. The van der Waals surface area contributed by atoms with E-state index in [4.69, 9.17) is 4.74 Å². The molecule has 5 nitrogen and oxygen atoms in total. The van der Waals surface area contributed by atoms with E-state index in [1.54, 1.807) is 24.4 Å². The maximum Gasteiger partial charge on any atom is 0.337 e. The van der Waals surface area contributed by atoms with Gasteiger partial charge in [0.15, 0.2) is 0 Å². The zero-order chi connectivity index (χ0) is 20.2. The lowest BCUT2D eigenvalue weighted by Crippen LogP contribution is -2.13. The first-order valence-electron chi connectivity index (χ1n) is 9.24. The van der Waals surface area contributed by atoms with E-state index in [1.807, 2.05) is 60.7 Å². The molecule has 0 bridgehead atoms. The second kappa shape index (κ2) is 8.02. The summed E-state index contributed by atoms with van der Waals surface area (Å²) in [5.41, 5.74) is 3.42. The van der Waals surface area contributed by atoms with Crippen LogP contribution in [0, 0.1) is 0 Å². The predicted molar refractivity (Wildman–Crippen MR) is 113 cm³/mol. The van der Waals surface area contributed by atoms with Crippen molar-refractivity contribution in [2.24, 2.45) is 0 Å². The topological polar surface area (TPSA) is 71.5 Å². The Labute approximate surface area is 168 Å². The normalized spacial score (nSPS) is 11.8. The number of aromatic hydroxyl groups is 1. The molecule has 0 aliphatic carbocycles. The second-order valence-corrected chi connectivity index (χ2v) is 6.64. The number of ether oxygens (including phenoxy) is 1. The molecule has 5 heteroatoms. The lowest BCUT2D eigenvalue weighted by Gasteiger charge is -2.23. The summed E-state index contributed by atoms with van der Waals surface area (Å²) in [7, 11) is 1.36. The van der Waals surface area contributed by atoms with Crippen LogP contribution in [0.15, 0.2) is 85.1 Å². The van der Waals surface area contributed by atoms with Gasteiger partial charge in [-0.3, -0.25) is 4.98 Å². The Morgan fingerprint density at radius 3 is 2.62 bits per heavy atom. The molecule has 0 fully saturated rings. The fourth-order valence-corrected chi connectivity index (χ4v) is 3.38. The smallest absolute Gasteiger partial charge is 0.337 e. The van der Waals surface area contributed by atoms with Gasteiger partial charge in [-0.1, -0.05) is 54.6 Å². The van der Waals surface area contributed by atoms with Crippen molar-refractivity contribution in [3.63, 3.8) is 0 Å². The lowest BCUT2D eigenvalue weighted by molar-refractivity contribution is 0.0601. The van der Waals surface area contributed by atoms with Gasteiger partial charge in [0.2, 0.25) is 0 Å². The third-order valence-electron chi connectivity index (χ3n) is 4.82. The van der Waals surface area contributed by atoms with Crippen LogP contribution in [0.1, 0.15) is 27.5 Å². The summed E-state index contributed by atoms with van der Waals surface area (Å²) in [5.74, 6) is -0.267. The molecule has 4 rings (SSSR count). The van der Waals surface area contributed by atoms with Gasteiger partial charge in [-0.2, -0.15) is 0 Å². The van der Waals surface area contributed by atoms with E-state index in [9.17, 15) is 9.90 Å². The van der Waals surface area contributed by atoms with Crippen LogP contribution in [-0.2, 0) is 4.74 Å². The highest BCUT2D eigenvalue weighted by molar-refractivity contribution is 5.90. The molecule has 29 heavy (non-hydrogen) atoms. The molecule has 0 amide bonds. The van der Waals surface area contributed by atoms with Crippen molar-refractivity contribution in [1.82, 2.24) is 4.98 Å². The van der Waals surface area contributed by atoms with Gasteiger partial charge in [0, 0.05) is 22.8 Å². The Balaban J connectivity index is 1.80. The van der Waals surface area contributed by atoms with Crippen molar-refractivity contribution < 1.29 is 14.6 Å². The van der Waals surface area contributed by atoms with Crippen molar-refractivity contribution >= 4 is 22.6 Å². The van der Waals surface area contributed by atoms with Crippen molar-refractivity contribution in [1.29, 1.82) is 0 Å². The van der Waals surface area contributed by atoms with Gasteiger partial charge in [0.1, 0.15) is 11.3 Å². The highest BCUT2D eigenvalue weighted by Crippen LogP contribution is 2.36. The summed E-state index contributed by atoms with van der Waals surface area (Å²) in [6.07, 6.45) is 1.66. The summed E-state index contributed by atoms with van der Waals surface area (Å²) in [4.78, 5) is 16.2. The van der Waals surface area contributed by atoms with Crippen LogP contribution in [0.4, 0.5) is 5.69 Å². The number of phenols is 1. The van der Waals surface area contributed by atoms with E-state index in [-0.39, 0.29) is 11.8 Å². The van der Waals surface area contributed by atoms with Gasteiger partial charge < -0.3 is 15.2 Å². The Bertz CT molecular complexity index is 1160.